The highest BCUT2D eigenvalue weighted by molar-refractivity contribution is 7.99. The summed E-state index contributed by atoms with van der Waals surface area (Å²) in [6.45, 7) is 0. The summed E-state index contributed by atoms with van der Waals surface area (Å²) in [6.07, 6.45) is 3.03. The van der Waals surface area contributed by atoms with Gasteiger partial charge >= 0.3 is 0 Å². The van der Waals surface area contributed by atoms with Gasteiger partial charge in [0.1, 0.15) is 12.0 Å². The number of hydrogen-bond acceptors (Lipinski definition) is 5. The summed E-state index contributed by atoms with van der Waals surface area (Å²) in [7, 11) is 0. The minimum Gasteiger partial charge on any atom is -0.448 e. The second-order valence-corrected chi connectivity index (χ2v) is 4.88. The highest BCUT2D eigenvalue weighted by Crippen LogP contribution is 2.33. The Morgan fingerprint density at radius 3 is 2.95 bits per heavy atom. The predicted molar refractivity (Wildman–Crippen MR) is 74.0 cm³/mol. The first-order valence-electron chi connectivity index (χ1n) is 5.66. The lowest BCUT2D eigenvalue weighted by Crippen LogP contribution is -1.80. The molecule has 0 saturated carbocycles. The van der Waals surface area contributed by atoms with Crippen LogP contribution in [-0.4, -0.2) is 16.4 Å². The van der Waals surface area contributed by atoms with Crippen LogP contribution < -0.4 is 0 Å². The number of hydrogen-bond donors (Lipinski definition) is 1. The van der Waals surface area contributed by atoms with Crippen LogP contribution in [0, 0.1) is 0 Å². The van der Waals surface area contributed by atoms with E-state index >= 15 is 0 Å². The van der Waals surface area contributed by atoms with Gasteiger partial charge in [-0.2, -0.15) is 0 Å². The number of furan rings is 1. The van der Waals surface area contributed by atoms with Crippen molar-refractivity contribution < 1.29 is 9.62 Å². The molecular formula is C14H10N2O2S. The number of fused-ring (bicyclic) bond motifs is 1. The predicted octanol–water partition coefficient (Wildman–Crippen LogP) is 3.79. The minimum atomic E-state index is 0.512. The third kappa shape index (κ3) is 2.46. The monoisotopic (exact) mass is 270 g/mol. The first kappa shape index (κ1) is 11.8. The van der Waals surface area contributed by atoms with Gasteiger partial charge in [-0.3, -0.25) is 4.98 Å². The topological polar surface area (TPSA) is 58.6 Å². The van der Waals surface area contributed by atoms with Gasteiger partial charge in [-0.25, -0.2) is 0 Å². The molecule has 3 rings (SSSR count). The van der Waals surface area contributed by atoms with Crippen LogP contribution in [-0.2, 0) is 0 Å². The summed E-state index contributed by atoms with van der Waals surface area (Å²) in [4.78, 5) is 5.42. The van der Waals surface area contributed by atoms with Crippen molar-refractivity contribution in [1.29, 1.82) is 0 Å². The van der Waals surface area contributed by atoms with Crippen LogP contribution in [0.25, 0.3) is 10.9 Å². The number of rotatable bonds is 3. The van der Waals surface area contributed by atoms with Crippen molar-refractivity contribution in [2.24, 2.45) is 5.16 Å². The van der Waals surface area contributed by atoms with E-state index in [0.717, 1.165) is 20.9 Å². The fourth-order valence-electron chi connectivity index (χ4n) is 1.78. The molecule has 4 nitrogen and oxygen atoms in total. The highest BCUT2D eigenvalue weighted by atomic mass is 32.2. The molecule has 2 aromatic heterocycles. The Morgan fingerprint density at radius 2 is 2.05 bits per heavy atom. The summed E-state index contributed by atoms with van der Waals surface area (Å²) in [5, 5.41) is 13.2. The average Bonchev–Trinajstić information content (AvgIpc) is 2.87. The molecule has 1 N–H and O–H groups in total. The number of oxime groups is 1. The summed E-state index contributed by atoms with van der Waals surface area (Å²) in [5.41, 5.74) is 0.948. The lowest BCUT2D eigenvalue weighted by molar-refractivity contribution is 0.320. The first-order chi connectivity index (χ1) is 9.36. The molecule has 0 spiro atoms. The van der Waals surface area contributed by atoms with Crippen LogP contribution in [0.4, 0.5) is 0 Å². The molecule has 0 bridgehead atoms. The molecule has 0 saturated heterocycles. The van der Waals surface area contributed by atoms with Crippen molar-refractivity contribution in [3.63, 3.8) is 0 Å². The Morgan fingerprint density at radius 1 is 1.16 bits per heavy atom. The minimum absolute atomic E-state index is 0.512. The van der Waals surface area contributed by atoms with Gasteiger partial charge in [0.25, 0.3) is 0 Å². The summed E-state index contributed by atoms with van der Waals surface area (Å²) < 4.78 is 5.50. The third-order valence-electron chi connectivity index (χ3n) is 2.59. The Kier molecular flexibility index (Phi) is 3.20. The van der Waals surface area contributed by atoms with E-state index < -0.39 is 0 Å². The van der Waals surface area contributed by atoms with E-state index in [1.165, 1.54) is 18.0 Å². The molecule has 5 heteroatoms. The van der Waals surface area contributed by atoms with Gasteiger partial charge in [-0.15, -0.1) is 0 Å². The fraction of sp³-hybridized carbons (Fsp3) is 0. The van der Waals surface area contributed by atoms with Crippen molar-refractivity contribution in [3.8, 4) is 0 Å². The van der Waals surface area contributed by atoms with Crippen LogP contribution in [0.1, 0.15) is 5.76 Å². The van der Waals surface area contributed by atoms with E-state index in [0.29, 0.717) is 5.76 Å². The quantitative estimate of drug-likeness (QED) is 0.447. The fourth-order valence-corrected chi connectivity index (χ4v) is 2.69. The Bertz CT molecular complexity index is 732. The molecule has 1 aromatic carbocycles. The van der Waals surface area contributed by atoms with E-state index in [9.17, 15) is 0 Å². The van der Waals surface area contributed by atoms with E-state index in [2.05, 4.69) is 10.1 Å². The van der Waals surface area contributed by atoms with Gasteiger partial charge in [0, 0.05) is 16.5 Å². The standard InChI is InChI=1S/C14H10N2O2S/c17-16-9-11-6-7-13(18-11)19-12-5-1-3-10-4-2-8-15-14(10)12/h1-9,17H. The van der Waals surface area contributed by atoms with Crippen molar-refractivity contribution >= 4 is 28.9 Å². The molecule has 0 aliphatic heterocycles. The van der Waals surface area contributed by atoms with Gasteiger partial charge in [-0.1, -0.05) is 23.4 Å². The molecule has 2 heterocycles. The molecule has 0 fully saturated rings. The average molecular weight is 270 g/mol. The van der Waals surface area contributed by atoms with Gasteiger partial charge in [0.2, 0.25) is 0 Å². The van der Waals surface area contributed by atoms with Crippen LogP contribution in [0.2, 0.25) is 0 Å². The van der Waals surface area contributed by atoms with Crippen molar-refractivity contribution in [2.45, 2.75) is 9.99 Å². The summed E-state index contributed by atoms with van der Waals surface area (Å²) >= 11 is 1.49. The van der Waals surface area contributed by atoms with Gasteiger partial charge in [0.15, 0.2) is 5.09 Å². The van der Waals surface area contributed by atoms with Crippen molar-refractivity contribution in [3.05, 3.63) is 54.4 Å². The van der Waals surface area contributed by atoms with Crippen molar-refractivity contribution in [1.82, 2.24) is 4.98 Å². The molecule has 0 aliphatic rings. The maximum Gasteiger partial charge on any atom is 0.165 e. The molecule has 0 aliphatic carbocycles. The lowest BCUT2D eigenvalue weighted by atomic mass is 10.2. The lowest BCUT2D eigenvalue weighted by Gasteiger charge is -2.02. The van der Waals surface area contributed by atoms with Gasteiger partial charge in [0.05, 0.1) is 5.52 Å². The zero-order valence-electron chi connectivity index (χ0n) is 9.85. The van der Waals surface area contributed by atoms with E-state index in [1.54, 1.807) is 12.3 Å². The van der Waals surface area contributed by atoms with Gasteiger partial charge in [-0.05, 0) is 36.0 Å². The van der Waals surface area contributed by atoms with E-state index in [4.69, 9.17) is 9.62 Å². The highest BCUT2D eigenvalue weighted by Gasteiger charge is 2.07. The largest absolute Gasteiger partial charge is 0.448 e. The van der Waals surface area contributed by atoms with Crippen LogP contribution in [0.15, 0.2) is 68.2 Å². The van der Waals surface area contributed by atoms with Crippen LogP contribution in [0.3, 0.4) is 0 Å². The second-order valence-electron chi connectivity index (χ2n) is 3.83. The molecule has 0 unspecified atom stereocenters. The number of aromatic nitrogens is 1. The van der Waals surface area contributed by atoms with E-state index in [1.807, 2.05) is 36.4 Å². The molecule has 0 radical (unpaired) electrons. The van der Waals surface area contributed by atoms with Crippen LogP contribution in [0.5, 0.6) is 0 Å². The smallest absolute Gasteiger partial charge is 0.165 e. The SMILES string of the molecule is ON=Cc1ccc(Sc2cccc3cccnc23)o1. The molecule has 0 amide bonds. The van der Waals surface area contributed by atoms with E-state index in [-0.39, 0.29) is 0 Å². The molecule has 19 heavy (non-hydrogen) atoms. The Hall–Kier alpha value is -2.27. The Balaban J connectivity index is 1.96. The summed E-state index contributed by atoms with van der Waals surface area (Å²) in [5.74, 6) is 0.512. The maximum atomic E-state index is 8.45. The second kappa shape index (κ2) is 5.16. The zero-order valence-corrected chi connectivity index (χ0v) is 10.7. The van der Waals surface area contributed by atoms with Gasteiger partial charge < -0.3 is 9.62 Å². The van der Waals surface area contributed by atoms with Crippen LogP contribution >= 0.6 is 11.8 Å². The number of nitrogens with zero attached hydrogens (tertiary/aromatic N) is 2. The molecule has 94 valence electrons. The number of para-hydroxylation sites is 1. The first-order valence-corrected chi connectivity index (χ1v) is 6.47. The number of benzene rings is 1. The van der Waals surface area contributed by atoms with Crippen molar-refractivity contribution in [2.75, 3.05) is 0 Å². The number of pyridine rings is 1. The zero-order chi connectivity index (χ0) is 13.1. The molecule has 3 aromatic rings. The molecule has 0 atom stereocenters. The maximum absolute atomic E-state index is 8.45. The summed E-state index contributed by atoms with van der Waals surface area (Å²) in [6, 6.07) is 13.5. The third-order valence-corrected chi connectivity index (χ3v) is 3.56. The molecular weight excluding hydrogens is 260 g/mol. The Labute approximate surface area is 113 Å². The normalized spacial score (nSPS) is 11.4.